The molecule has 1 aromatic rings. The molecule has 1 aromatic carbocycles. The highest BCUT2D eigenvalue weighted by atomic mass is 35.5. The molecule has 1 aliphatic rings. The molecule has 1 saturated heterocycles. The van der Waals surface area contributed by atoms with Gasteiger partial charge in [0.2, 0.25) is 0 Å². The first-order valence-corrected chi connectivity index (χ1v) is 5.47. The Bertz CT molecular complexity index is 434. The number of hydrogen-bond acceptors (Lipinski definition) is 2. The molecule has 0 spiro atoms. The van der Waals surface area contributed by atoms with E-state index in [9.17, 15) is 0 Å². The quantitative estimate of drug-likeness (QED) is 0.698. The minimum atomic E-state index is -0.666. The van der Waals surface area contributed by atoms with Crippen LogP contribution in [0.1, 0.15) is 25.5 Å². The molecule has 0 amide bonds. The Balaban J connectivity index is 2.35. The molecule has 2 nitrogen and oxygen atoms in total. The fraction of sp³-hybridized carbons (Fsp3) is 0.385. The van der Waals surface area contributed by atoms with Gasteiger partial charge in [-0.15, -0.1) is 6.42 Å². The summed E-state index contributed by atoms with van der Waals surface area (Å²) in [6.45, 7) is 3.68. The average Bonchev–Trinajstić information content (AvgIpc) is 2.54. The molecule has 1 aliphatic heterocycles. The highest BCUT2D eigenvalue weighted by molar-refractivity contribution is 6.31. The van der Waals surface area contributed by atoms with Crippen molar-refractivity contribution in [2.24, 2.45) is 0 Å². The van der Waals surface area contributed by atoms with Crippen LogP contribution < -0.4 is 0 Å². The highest BCUT2D eigenvalue weighted by Gasteiger charge is 2.41. The molecular weight excluding hydrogens is 224 g/mol. The molecule has 16 heavy (non-hydrogen) atoms. The van der Waals surface area contributed by atoms with Gasteiger partial charge in [0.05, 0.1) is 0 Å². The van der Waals surface area contributed by atoms with Crippen molar-refractivity contribution in [2.45, 2.75) is 31.8 Å². The van der Waals surface area contributed by atoms with Crippen molar-refractivity contribution in [2.75, 3.05) is 0 Å². The van der Waals surface area contributed by atoms with Crippen LogP contribution in [0.3, 0.4) is 0 Å². The van der Waals surface area contributed by atoms with E-state index in [1.165, 1.54) is 0 Å². The third-order valence-electron chi connectivity index (χ3n) is 2.47. The van der Waals surface area contributed by atoms with E-state index in [0.717, 1.165) is 5.56 Å². The van der Waals surface area contributed by atoms with Gasteiger partial charge in [0.15, 0.2) is 11.9 Å². The standard InChI is InChI=1S/C13H13ClO2/c1-4-11-12(16-13(2,3)15-11)9-7-5-6-8-10(9)14/h1,5-8,11-12H,2-3H3/t11-,12-/m1/s1. The van der Waals surface area contributed by atoms with Gasteiger partial charge in [-0.1, -0.05) is 35.7 Å². The summed E-state index contributed by atoms with van der Waals surface area (Å²) >= 11 is 6.12. The maximum absolute atomic E-state index is 6.12. The van der Waals surface area contributed by atoms with Crippen LogP contribution in [0.25, 0.3) is 0 Å². The monoisotopic (exact) mass is 236 g/mol. The average molecular weight is 237 g/mol. The Labute approximate surface area is 101 Å². The molecule has 0 aliphatic carbocycles. The molecule has 0 N–H and O–H groups in total. The van der Waals surface area contributed by atoms with Crippen LogP contribution in [0.2, 0.25) is 5.02 Å². The van der Waals surface area contributed by atoms with Gasteiger partial charge in [0.25, 0.3) is 0 Å². The predicted octanol–water partition coefficient (Wildman–Crippen LogP) is 3.17. The smallest absolute Gasteiger partial charge is 0.165 e. The van der Waals surface area contributed by atoms with E-state index in [1.807, 2.05) is 38.1 Å². The molecule has 0 bridgehead atoms. The lowest BCUT2D eigenvalue weighted by Gasteiger charge is -2.17. The Morgan fingerprint density at radius 2 is 2.00 bits per heavy atom. The summed E-state index contributed by atoms with van der Waals surface area (Å²) in [6.07, 6.45) is 4.74. The van der Waals surface area contributed by atoms with Crippen LogP contribution >= 0.6 is 11.6 Å². The molecule has 2 atom stereocenters. The third-order valence-corrected chi connectivity index (χ3v) is 2.82. The first-order chi connectivity index (χ1) is 7.53. The Hall–Kier alpha value is -1.01. The summed E-state index contributed by atoms with van der Waals surface area (Å²) < 4.78 is 11.4. The van der Waals surface area contributed by atoms with E-state index in [0.29, 0.717) is 5.02 Å². The fourth-order valence-electron chi connectivity index (χ4n) is 1.82. The van der Waals surface area contributed by atoms with Crippen molar-refractivity contribution in [3.63, 3.8) is 0 Å². The molecule has 0 unspecified atom stereocenters. The molecule has 84 valence electrons. The first kappa shape index (κ1) is 11.5. The van der Waals surface area contributed by atoms with E-state index in [1.54, 1.807) is 0 Å². The number of halogens is 1. The predicted molar refractivity (Wildman–Crippen MR) is 63.1 cm³/mol. The lowest BCUT2D eigenvalue weighted by molar-refractivity contribution is -0.143. The lowest BCUT2D eigenvalue weighted by Crippen LogP contribution is -2.20. The van der Waals surface area contributed by atoms with E-state index in [4.69, 9.17) is 27.5 Å². The second-order valence-corrected chi connectivity index (χ2v) is 4.57. The molecule has 3 heteroatoms. The number of benzene rings is 1. The summed E-state index contributed by atoms with van der Waals surface area (Å²) in [5, 5.41) is 0.647. The number of ether oxygens (including phenoxy) is 2. The Kier molecular flexibility index (Phi) is 2.94. The Morgan fingerprint density at radius 1 is 1.31 bits per heavy atom. The van der Waals surface area contributed by atoms with Crippen LogP contribution in [-0.2, 0) is 9.47 Å². The van der Waals surface area contributed by atoms with Gasteiger partial charge in [0, 0.05) is 10.6 Å². The fourth-order valence-corrected chi connectivity index (χ4v) is 2.06. The van der Waals surface area contributed by atoms with Crippen molar-refractivity contribution < 1.29 is 9.47 Å². The van der Waals surface area contributed by atoms with Gasteiger partial charge in [-0.2, -0.15) is 0 Å². The summed E-state index contributed by atoms with van der Waals surface area (Å²) in [7, 11) is 0. The van der Waals surface area contributed by atoms with Crippen LogP contribution in [0.15, 0.2) is 24.3 Å². The molecule has 0 radical (unpaired) electrons. The van der Waals surface area contributed by atoms with Gasteiger partial charge in [0.1, 0.15) is 6.10 Å². The Morgan fingerprint density at radius 3 is 2.62 bits per heavy atom. The summed E-state index contributed by atoms with van der Waals surface area (Å²) in [6, 6.07) is 7.50. The highest BCUT2D eigenvalue weighted by Crippen LogP contribution is 2.40. The summed E-state index contributed by atoms with van der Waals surface area (Å²) in [5.41, 5.74) is 0.873. The molecule has 2 rings (SSSR count). The summed E-state index contributed by atoms with van der Waals surface area (Å²) in [4.78, 5) is 0. The van der Waals surface area contributed by atoms with Crippen LogP contribution in [0.5, 0.6) is 0 Å². The van der Waals surface area contributed by atoms with Gasteiger partial charge in [-0.05, 0) is 19.9 Å². The van der Waals surface area contributed by atoms with Crippen molar-refractivity contribution >= 4 is 11.6 Å². The maximum atomic E-state index is 6.12. The third kappa shape index (κ3) is 2.08. The topological polar surface area (TPSA) is 18.5 Å². The second-order valence-electron chi connectivity index (χ2n) is 4.16. The van der Waals surface area contributed by atoms with Crippen molar-refractivity contribution in [3.05, 3.63) is 34.9 Å². The number of terminal acetylenes is 1. The largest absolute Gasteiger partial charge is 0.339 e. The molecular formula is C13H13ClO2. The zero-order valence-electron chi connectivity index (χ0n) is 9.24. The normalized spacial score (nSPS) is 27.6. The summed E-state index contributed by atoms with van der Waals surface area (Å²) in [5.74, 6) is 1.92. The van der Waals surface area contributed by atoms with Crippen LogP contribution in [0, 0.1) is 12.3 Å². The van der Waals surface area contributed by atoms with E-state index in [-0.39, 0.29) is 6.10 Å². The zero-order valence-corrected chi connectivity index (χ0v) is 9.99. The number of rotatable bonds is 1. The van der Waals surface area contributed by atoms with Crippen LogP contribution in [-0.4, -0.2) is 11.9 Å². The molecule has 0 aromatic heterocycles. The number of hydrogen-bond donors (Lipinski definition) is 0. The molecule has 1 fully saturated rings. The van der Waals surface area contributed by atoms with E-state index >= 15 is 0 Å². The minimum absolute atomic E-state index is 0.298. The second kappa shape index (κ2) is 4.10. The van der Waals surface area contributed by atoms with Crippen molar-refractivity contribution in [1.82, 2.24) is 0 Å². The lowest BCUT2D eigenvalue weighted by atomic mass is 10.1. The molecule has 1 heterocycles. The SMILES string of the molecule is C#C[C@H]1OC(C)(C)O[C@@H]1c1ccccc1Cl. The van der Waals surface area contributed by atoms with Gasteiger partial charge in [-0.25, -0.2) is 0 Å². The van der Waals surface area contributed by atoms with E-state index < -0.39 is 11.9 Å². The minimum Gasteiger partial charge on any atom is -0.339 e. The van der Waals surface area contributed by atoms with Gasteiger partial charge in [-0.3, -0.25) is 0 Å². The zero-order chi connectivity index (χ0) is 11.8. The van der Waals surface area contributed by atoms with Crippen LogP contribution in [0.4, 0.5) is 0 Å². The first-order valence-electron chi connectivity index (χ1n) is 5.10. The van der Waals surface area contributed by atoms with Crippen molar-refractivity contribution in [1.29, 1.82) is 0 Å². The van der Waals surface area contributed by atoms with Crippen molar-refractivity contribution in [3.8, 4) is 12.3 Å². The maximum Gasteiger partial charge on any atom is 0.165 e. The van der Waals surface area contributed by atoms with E-state index in [2.05, 4.69) is 5.92 Å². The van der Waals surface area contributed by atoms with Gasteiger partial charge < -0.3 is 9.47 Å². The van der Waals surface area contributed by atoms with Gasteiger partial charge >= 0.3 is 0 Å². The molecule has 0 saturated carbocycles.